The normalized spacial score (nSPS) is 27.1. The minimum absolute atomic E-state index is 0.517. The smallest absolute Gasteiger partial charge is 0.147 e. The van der Waals surface area contributed by atoms with E-state index in [0.29, 0.717) is 18.1 Å². The molecule has 0 amide bonds. The van der Waals surface area contributed by atoms with Gasteiger partial charge in [0.05, 0.1) is 5.02 Å². The fourth-order valence-corrected chi connectivity index (χ4v) is 3.24. The quantitative estimate of drug-likeness (QED) is 0.926. The first-order valence-corrected chi connectivity index (χ1v) is 8.27. The van der Waals surface area contributed by atoms with E-state index in [-0.39, 0.29) is 0 Å². The standard InChI is InChI=1S/C16H25ClN4/c1-11-9-21(10-12(2)20(11)3)16-15(17)6-13(8-19-16)7-18-14-4-5-14/h6,8,11-12,14,18H,4-5,7,9-10H2,1-3H3. The maximum Gasteiger partial charge on any atom is 0.147 e. The third kappa shape index (κ3) is 3.50. The van der Waals surface area contributed by atoms with Crippen LogP contribution in [0.2, 0.25) is 5.02 Å². The molecular weight excluding hydrogens is 284 g/mol. The summed E-state index contributed by atoms with van der Waals surface area (Å²) in [5, 5.41) is 4.27. The Kier molecular flexibility index (Phi) is 4.38. The average molecular weight is 309 g/mol. The predicted molar refractivity (Wildman–Crippen MR) is 88.0 cm³/mol. The van der Waals surface area contributed by atoms with Gasteiger partial charge in [0, 0.05) is 44.0 Å². The van der Waals surface area contributed by atoms with Gasteiger partial charge < -0.3 is 10.2 Å². The summed E-state index contributed by atoms with van der Waals surface area (Å²) >= 11 is 6.48. The van der Waals surface area contributed by atoms with Gasteiger partial charge in [-0.25, -0.2) is 4.98 Å². The number of likely N-dealkylation sites (N-methyl/N-ethyl adjacent to an activating group) is 1. The predicted octanol–water partition coefficient (Wildman–Crippen LogP) is 2.52. The van der Waals surface area contributed by atoms with Crippen LogP contribution in [0.1, 0.15) is 32.3 Å². The molecule has 1 aromatic heterocycles. The van der Waals surface area contributed by atoms with Crippen LogP contribution in [0.25, 0.3) is 0 Å². The molecule has 2 aliphatic rings. The van der Waals surface area contributed by atoms with Gasteiger partial charge in [-0.2, -0.15) is 0 Å². The first-order chi connectivity index (χ1) is 10.0. The maximum absolute atomic E-state index is 6.48. The Balaban J connectivity index is 1.69. The van der Waals surface area contributed by atoms with Gasteiger partial charge in [0.2, 0.25) is 0 Å². The molecule has 1 aliphatic carbocycles. The van der Waals surface area contributed by atoms with Crippen LogP contribution < -0.4 is 10.2 Å². The van der Waals surface area contributed by atoms with Crippen LogP contribution in [-0.4, -0.2) is 48.1 Å². The summed E-state index contributed by atoms with van der Waals surface area (Å²) in [6, 6.07) is 3.81. The number of halogens is 1. The number of rotatable bonds is 4. The zero-order valence-electron chi connectivity index (χ0n) is 13.1. The van der Waals surface area contributed by atoms with Crippen molar-refractivity contribution in [3.63, 3.8) is 0 Å². The molecule has 0 radical (unpaired) electrons. The third-order valence-corrected chi connectivity index (χ3v) is 4.99. The molecular formula is C16H25ClN4. The lowest BCUT2D eigenvalue weighted by atomic mass is 10.1. The Morgan fingerprint density at radius 3 is 2.52 bits per heavy atom. The number of nitrogens with zero attached hydrogens (tertiary/aromatic N) is 3. The second-order valence-corrected chi connectivity index (χ2v) is 6.98. The van der Waals surface area contributed by atoms with E-state index in [1.165, 1.54) is 18.4 Å². The number of hydrogen-bond donors (Lipinski definition) is 1. The van der Waals surface area contributed by atoms with Crippen LogP contribution in [0.4, 0.5) is 5.82 Å². The fourth-order valence-electron chi connectivity index (χ4n) is 2.93. The number of nitrogens with one attached hydrogen (secondary N) is 1. The second kappa shape index (κ2) is 6.11. The number of pyridine rings is 1. The first kappa shape index (κ1) is 15.1. The van der Waals surface area contributed by atoms with E-state index in [2.05, 4.69) is 47.1 Å². The average Bonchev–Trinajstić information content (AvgIpc) is 3.26. The van der Waals surface area contributed by atoms with Crippen LogP contribution in [0.15, 0.2) is 12.3 Å². The van der Waals surface area contributed by atoms with Crippen molar-refractivity contribution >= 4 is 17.4 Å². The summed E-state index contributed by atoms with van der Waals surface area (Å²) in [6.07, 6.45) is 4.57. The molecule has 0 bridgehead atoms. The van der Waals surface area contributed by atoms with Crippen molar-refractivity contribution in [2.45, 2.75) is 51.4 Å². The summed E-state index contributed by atoms with van der Waals surface area (Å²) in [6.45, 7) is 7.34. The molecule has 116 valence electrons. The highest BCUT2D eigenvalue weighted by Crippen LogP contribution is 2.28. The Morgan fingerprint density at radius 1 is 1.29 bits per heavy atom. The molecule has 4 nitrogen and oxygen atoms in total. The van der Waals surface area contributed by atoms with Gasteiger partial charge >= 0.3 is 0 Å². The van der Waals surface area contributed by atoms with Gasteiger partial charge in [-0.1, -0.05) is 11.6 Å². The molecule has 0 aromatic carbocycles. The highest BCUT2D eigenvalue weighted by Gasteiger charge is 2.28. The number of hydrogen-bond acceptors (Lipinski definition) is 4. The van der Waals surface area contributed by atoms with Crippen LogP contribution in [0, 0.1) is 0 Å². The van der Waals surface area contributed by atoms with E-state index in [9.17, 15) is 0 Å². The van der Waals surface area contributed by atoms with Crippen molar-refractivity contribution < 1.29 is 0 Å². The molecule has 1 saturated carbocycles. The van der Waals surface area contributed by atoms with Gasteiger partial charge in [0.15, 0.2) is 0 Å². The SMILES string of the molecule is CC1CN(c2ncc(CNC3CC3)cc2Cl)CC(C)N1C. The van der Waals surface area contributed by atoms with E-state index in [1.807, 2.05) is 6.20 Å². The van der Waals surface area contributed by atoms with E-state index in [0.717, 1.165) is 30.5 Å². The summed E-state index contributed by atoms with van der Waals surface area (Å²) in [4.78, 5) is 9.36. The molecule has 2 fully saturated rings. The highest BCUT2D eigenvalue weighted by molar-refractivity contribution is 6.33. The molecule has 1 aromatic rings. The van der Waals surface area contributed by atoms with E-state index in [4.69, 9.17) is 11.6 Å². The lowest BCUT2D eigenvalue weighted by Crippen LogP contribution is -2.55. The van der Waals surface area contributed by atoms with Crippen molar-refractivity contribution in [2.75, 3.05) is 25.0 Å². The first-order valence-electron chi connectivity index (χ1n) is 7.89. The maximum atomic E-state index is 6.48. The second-order valence-electron chi connectivity index (χ2n) is 6.57. The molecule has 2 atom stereocenters. The molecule has 21 heavy (non-hydrogen) atoms. The van der Waals surface area contributed by atoms with Crippen LogP contribution >= 0.6 is 11.6 Å². The molecule has 2 heterocycles. The Hall–Kier alpha value is -0.840. The molecule has 1 N–H and O–H groups in total. The minimum atomic E-state index is 0.517. The molecule has 5 heteroatoms. The van der Waals surface area contributed by atoms with E-state index in [1.54, 1.807) is 0 Å². The molecule has 1 aliphatic heterocycles. The van der Waals surface area contributed by atoms with Crippen molar-refractivity contribution in [3.05, 3.63) is 22.8 Å². The topological polar surface area (TPSA) is 31.4 Å². The van der Waals surface area contributed by atoms with E-state index >= 15 is 0 Å². The number of anilines is 1. The summed E-state index contributed by atoms with van der Waals surface area (Å²) < 4.78 is 0. The summed E-state index contributed by atoms with van der Waals surface area (Å²) in [7, 11) is 2.19. The zero-order valence-corrected chi connectivity index (χ0v) is 13.9. The van der Waals surface area contributed by atoms with Crippen molar-refractivity contribution in [1.29, 1.82) is 0 Å². The van der Waals surface area contributed by atoms with Gasteiger partial charge in [0.25, 0.3) is 0 Å². The Bertz CT molecular complexity index is 491. The number of aromatic nitrogens is 1. The lowest BCUT2D eigenvalue weighted by molar-refractivity contribution is 0.169. The monoisotopic (exact) mass is 308 g/mol. The Labute approximate surface area is 132 Å². The van der Waals surface area contributed by atoms with Crippen LogP contribution in [0.5, 0.6) is 0 Å². The molecule has 0 spiro atoms. The fraction of sp³-hybridized carbons (Fsp3) is 0.688. The van der Waals surface area contributed by atoms with Gasteiger partial charge in [-0.15, -0.1) is 0 Å². The van der Waals surface area contributed by atoms with Crippen LogP contribution in [0.3, 0.4) is 0 Å². The number of piperazine rings is 1. The highest BCUT2D eigenvalue weighted by atomic mass is 35.5. The van der Waals surface area contributed by atoms with Crippen molar-refractivity contribution in [2.24, 2.45) is 0 Å². The Morgan fingerprint density at radius 2 is 1.95 bits per heavy atom. The third-order valence-electron chi connectivity index (χ3n) is 4.71. The molecule has 1 saturated heterocycles. The van der Waals surface area contributed by atoms with E-state index < -0.39 is 0 Å². The molecule has 3 rings (SSSR count). The van der Waals surface area contributed by atoms with Crippen LogP contribution in [-0.2, 0) is 6.54 Å². The summed E-state index contributed by atoms with van der Waals surface area (Å²) in [5.74, 6) is 0.929. The van der Waals surface area contributed by atoms with Crippen molar-refractivity contribution in [3.8, 4) is 0 Å². The minimum Gasteiger partial charge on any atom is -0.352 e. The lowest BCUT2D eigenvalue weighted by Gasteiger charge is -2.43. The zero-order chi connectivity index (χ0) is 15.0. The van der Waals surface area contributed by atoms with Crippen molar-refractivity contribution in [1.82, 2.24) is 15.2 Å². The largest absolute Gasteiger partial charge is 0.352 e. The van der Waals surface area contributed by atoms with Gasteiger partial charge in [0.1, 0.15) is 5.82 Å². The van der Waals surface area contributed by atoms with Gasteiger partial charge in [-0.3, -0.25) is 4.90 Å². The summed E-state index contributed by atoms with van der Waals surface area (Å²) in [5.41, 5.74) is 1.17. The molecule has 2 unspecified atom stereocenters. The van der Waals surface area contributed by atoms with Gasteiger partial charge in [-0.05, 0) is 45.4 Å².